The van der Waals surface area contributed by atoms with E-state index in [4.69, 9.17) is 14.2 Å². The van der Waals surface area contributed by atoms with Crippen molar-refractivity contribution in [2.24, 2.45) is 5.92 Å². The molecular weight excluding hydrogens is 657 g/mol. The molecule has 262 valence electrons. The van der Waals surface area contributed by atoms with Crippen LogP contribution in [0.25, 0.3) is 0 Å². The molecule has 1 aliphatic rings. The number of likely N-dealkylation sites (N-methyl/N-ethyl adjacent to an activating group) is 1. The van der Waals surface area contributed by atoms with Crippen LogP contribution >= 0.6 is 11.3 Å². The normalized spacial score (nSPS) is 20.1. The number of nitrogens with one attached hydrogen (secondary N) is 2. The van der Waals surface area contributed by atoms with Crippen molar-refractivity contribution in [1.82, 2.24) is 9.80 Å². The molecule has 4 atom stereocenters. The lowest BCUT2D eigenvalue weighted by molar-refractivity contribution is -0.0115. The summed E-state index contributed by atoms with van der Waals surface area (Å²) < 4.78 is 46.5. The number of ether oxygens (including phenoxy) is 3. The molecule has 0 aliphatic carbocycles. The fourth-order valence-corrected chi connectivity index (χ4v) is 7.36. The van der Waals surface area contributed by atoms with E-state index in [1.165, 1.54) is 12.1 Å². The van der Waals surface area contributed by atoms with Gasteiger partial charge in [0.2, 0.25) is 0 Å². The summed E-state index contributed by atoms with van der Waals surface area (Å²) >= 11 is 1.09. The number of nitrogens with zero attached hydrogens (tertiary/aromatic N) is 2. The number of benzene rings is 2. The number of hydrogen-bond acceptors (Lipinski definition) is 9. The van der Waals surface area contributed by atoms with Gasteiger partial charge in [-0.1, -0.05) is 13.0 Å². The second kappa shape index (κ2) is 17.0. The molecule has 3 aromatic rings. The van der Waals surface area contributed by atoms with Crippen molar-refractivity contribution in [2.45, 2.75) is 62.5 Å². The highest BCUT2D eigenvalue weighted by Crippen LogP contribution is 2.30. The Morgan fingerprint density at radius 3 is 2.54 bits per heavy atom. The van der Waals surface area contributed by atoms with Crippen LogP contribution in [0.5, 0.6) is 11.5 Å². The molecule has 4 rings (SSSR count). The minimum absolute atomic E-state index is 0.150. The molecule has 1 aromatic heterocycles. The highest BCUT2D eigenvalue weighted by atomic mass is 32.2. The van der Waals surface area contributed by atoms with E-state index >= 15 is 0 Å². The third-order valence-electron chi connectivity index (χ3n) is 8.21. The number of carbonyl (C=O) groups excluding carboxylic acids is 2. The van der Waals surface area contributed by atoms with Crippen molar-refractivity contribution in [3.63, 3.8) is 0 Å². The molecule has 48 heavy (non-hydrogen) atoms. The van der Waals surface area contributed by atoms with Gasteiger partial charge in [0.05, 0.1) is 37.5 Å². The van der Waals surface area contributed by atoms with E-state index in [9.17, 15) is 23.1 Å². The standard InChI is InChI=1S/C34H46N4O8S2/c1-23-20-38(24(2)22-39)33(40)29-19-27(36-48(42,43)32-10-8-18-47-32)13-16-30(29)46-25(3)9-6-7-17-45-31(23)21-37(4)34(41)35-26-11-14-28(44-5)15-12-26/h8,10-16,18-19,23-25,31,36,39H,6-7,9,17,20-22H2,1-5H3,(H,35,41)/t23-,24-,25+,31+/m1/s1. The molecule has 0 saturated carbocycles. The number of sulfonamides is 1. The van der Waals surface area contributed by atoms with E-state index in [1.54, 1.807) is 78.7 Å². The Morgan fingerprint density at radius 2 is 1.88 bits per heavy atom. The molecule has 2 heterocycles. The van der Waals surface area contributed by atoms with Gasteiger partial charge in [-0.15, -0.1) is 11.3 Å². The third kappa shape index (κ3) is 9.84. The Balaban J connectivity index is 1.60. The maximum absolute atomic E-state index is 14.3. The van der Waals surface area contributed by atoms with Gasteiger partial charge in [-0.2, -0.15) is 0 Å². The largest absolute Gasteiger partial charge is 0.497 e. The predicted octanol–water partition coefficient (Wildman–Crippen LogP) is 5.52. The minimum atomic E-state index is -3.86. The Hall–Kier alpha value is -3.85. The molecule has 12 nitrogen and oxygen atoms in total. The van der Waals surface area contributed by atoms with E-state index in [0.717, 1.165) is 24.2 Å². The Bertz CT molecular complexity index is 1600. The first-order valence-electron chi connectivity index (χ1n) is 16.0. The molecule has 0 radical (unpaired) electrons. The zero-order valence-electron chi connectivity index (χ0n) is 28.0. The summed E-state index contributed by atoms with van der Waals surface area (Å²) in [5.74, 6) is 0.322. The molecular formula is C34H46N4O8S2. The average molecular weight is 703 g/mol. The van der Waals surface area contributed by atoms with Crippen LogP contribution in [-0.2, 0) is 14.8 Å². The predicted molar refractivity (Wildman–Crippen MR) is 187 cm³/mol. The second-order valence-electron chi connectivity index (χ2n) is 12.1. The van der Waals surface area contributed by atoms with Crippen LogP contribution in [0.4, 0.5) is 16.2 Å². The van der Waals surface area contributed by atoms with Crippen LogP contribution in [-0.4, -0.2) is 94.0 Å². The molecule has 14 heteroatoms. The van der Waals surface area contributed by atoms with E-state index in [2.05, 4.69) is 10.0 Å². The Kier molecular flexibility index (Phi) is 13.1. The maximum atomic E-state index is 14.3. The van der Waals surface area contributed by atoms with Gasteiger partial charge in [0.25, 0.3) is 15.9 Å². The smallest absolute Gasteiger partial charge is 0.321 e. The lowest BCUT2D eigenvalue weighted by Crippen LogP contribution is -2.48. The molecule has 3 N–H and O–H groups in total. The van der Waals surface area contributed by atoms with Crippen LogP contribution in [0.2, 0.25) is 0 Å². The number of thiophene rings is 1. The number of urea groups is 1. The first-order valence-corrected chi connectivity index (χ1v) is 18.3. The highest BCUT2D eigenvalue weighted by Gasteiger charge is 2.31. The number of aliphatic hydroxyl groups is 1. The SMILES string of the molecule is COc1ccc(NC(=O)N(C)C[C@@H]2OCCCC[C@H](C)Oc3ccc(NS(=O)(=O)c4cccs4)cc3C(=O)N([C@H](C)CO)C[C@H]2C)cc1. The summed E-state index contributed by atoms with van der Waals surface area (Å²) in [4.78, 5) is 30.6. The number of amides is 3. The van der Waals surface area contributed by atoms with E-state index in [-0.39, 0.29) is 53.2 Å². The fraction of sp³-hybridized carbons (Fsp3) is 0.471. The fourth-order valence-electron chi connectivity index (χ4n) is 5.32. The lowest BCUT2D eigenvalue weighted by atomic mass is 10.0. The number of methoxy groups -OCH3 is 1. The maximum Gasteiger partial charge on any atom is 0.321 e. The van der Waals surface area contributed by atoms with Crippen LogP contribution in [0.1, 0.15) is 50.4 Å². The minimum Gasteiger partial charge on any atom is -0.497 e. The highest BCUT2D eigenvalue weighted by molar-refractivity contribution is 7.94. The van der Waals surface area contributed by atoms with Crippen molar-refractivity contribution >= 4 is 44.7 Å². The van der Waals surface area contributed by atoms with Crippen molar-refractivity contribution in [2.75, 3.05) is 50.5 Å². The van der Waals surface area contributed by atoms with Gasteiger partial charge in [-0.3, -0.25) is 9.52 Å². The van der Waals surface area contributed by atoms with Crippen molar-refractivity contribution < 1.29 is 37.3 Å². The topological polar surface area (TPSA) is 147 Å². The lowest BCUT2D eigenvalue weighted by Gasteiger charge is -2.35. The summed E-state index contributed by atoms with van der Waals surface area (Å²) in [6.45, 7) is 6.22. The summed E-state index contributed by atoms with van der Waals surface area (Å²) in [5.41, 5.74) is 1.00. The average Bonchev–Trinajstić information content (AvgIpc) is 3.63. The molecule has 3 amide bonds. The molecule has 1 aliphatic heterocycles. The molecule has 0 saturated heterocycles. The molecule has 0 spiro atoms. The Labute approximate surface area is 287 Å². The van der Waals surface area contributed by atoms with Crippen LogP contribution in [0.15, 0.2) is 64.2 Å². The second-order valence-corrected chi connectivity index (χ2v) is 14.9. The molecule has 0 unspecified atom stereocenters. The van der Waals surface area contributed by atoms with Crippen LogP contribution in [0, 0.1) is 5.92 Å². The molecule has 2 aromatic carbocycles. The number of hydrogen-bond donors (Lipinski definition) is 3. The van der Waals surface area contributed by atoms with Crippen molar-refractivity contribution in [3.8, 4) is 11.5 Å². The molecule has 0 fully saturated rings. The first-order chi connectivity index (χ1) is 22.9. The number of carbonyl (C=O) groups is 2. The van der Waals surface area contributed by atoms with Crippen LogP contribution in [0.3, 0.4) is 0 Å². The van der Waals surface area contributed by atoms with E-state index < -0.39 is 28.1 Å². The van der Waals surface area contributed by atoms with Gasteiger partial charge >= 0.3 is 6.03 Å². The summed E-state index contributed by atoms with van der Waals surface area (Å²) in [6, 6.07) is 14.0. The monoisotopic (exact) mass is 702 g/mol. The van der Waals surface area contributed by atoms with Gasteiger partial charge in [-0.25, -0.2) is 13.2 Å². The quantitative estimate of drug-likeness (QED) is 0.264. The van der Waals surface area contributed by atoms with Gasteiger partial charge in [0.15, 0.2) is 0 Å². The number of anilines is 2. The van der Waals surface area contributed by atoms with Crippen LogP contribution < -0.4 is 19.5 Å². The number of fused-ring (bicyclic) bond motifs is 1. The summed E-state index contributed by atoms with van der Waals surface area (Å²) in [5, 5.41) is 14.8. The number of aliphatic hydroxyl groups excluding tert-OH is 1. The summed E-state index contributed by atoms with van der Waals surface area (Å²) in [6.07, 6.45) is 1.61. The number of rotatable bonds is 9. The van der Waals surface area contributed by atoms with Crippen molar-refractivity contribution in [3.05, 3.63) is 65.5 Å². The molecule has 0 bridgehead atoms. The van der Waals surface area contributed by atoms with Crippen molar-refractivity contribution in [1.29, 1.82) is 0 Å². The summed E-state index contributed by atoms with van der Waals surface area (Å²) in [7, 11) is -0.599. The zero-order valence-corrected chi connectivity index (χ0v) is 29.7. The van der Waals surface area contributed by atoms with E-state index in [1.807, 2.05) is 13.8 Å². The van der Waals surface area contributed by atoms with E-state index in [0.29, 0.717) is 30.2 Å². The van der Waals surface area contributed by atoms with Gasteiger partial charge in [-0.05, 0) is 87.0 Å². The zero-order chi connectivity index (χ0) is 34.8. The van der Waals surface area contributed by atoms with Gasteiger partial charge < -0.3 is 34.4 Å². The third-order valence-corrected chi connectivity index (χ3v) is 11.0. The first kappa shape index (κ1) is 37.0. The van der Waals surface area contributed by atoms with Gasteiger partial charge in [0.1, 0.15) is 15.7 Å². The Morgan fingerprint density at radius 1 is 1.15 bits per heavy atom. The van der Waals surface area contributed by atoms with Gasteiger partial charge in [0, 0.05) is 44.0 Å².